The first-order valence-electron chi connectivity index (χ1n) is 4.34. The monoisotopic (exact) mass is 138 g/mol. The minimum absolute atomic E-state index is 0.527. The third-order valence-electron chi connectivity index (χ3n) is 3.63. The molecule has 0 aromatic rings. The van der Waals surface area contributed by atoms with Gasteiger partial charge >= 0.3 is 0 Å². The highest BCUT2D eigenvalue weighted by molar-refractivity contribution is 5.07. The van der Waals surface area contributed by atoms with Crippen LogP contribution >= 0.6 is 0 Å². The van der Waals surface area contributed by atoms with Gasteiger partial charge in [0, 0.05) is 25.2 Å². The average Bonchev–Trinajstić information content (AvgIpc) is 2.31. The van der Waals surface area contributed by atoms with Crippen molar-refractivity contribution in [1.29, 1.82) is 0 Å². The Bertz CT molecular complexity index is 163. The molecular weight excluding hydrogens is 124 g/mol. The van der Waals surface area contributed by atoms with Gasteiger partial charge in [0.2, 0.25) is 0 Å². The highest BCUT2D eigenvalue weighted by atomic mass is 15.3. The van der Waals surface area contributed by atoms with Crippen molar-refractivity contribution in [1.82, 2.24) is 4.90 Å². The third kappa shape index (κ3) is 0.487. The first-order valence-corrected chi connectivity index (χ1v) is 4.34. The van der Waals surface area contributed by atoms with Gasteiger partial charge in [-0.15, -0.1) is 0 Å². The number of nitrogens with zero attached hydrogens (tertiary/aromatic N) is 1. The second kappa shape index (κ2) is 1.56. The summed E-state index contributed by atoms with van der Waals surface area (Å²) in [5.74, 6) is 1.88. The van der Waals surface area contributed by atoms with Crippen LogP contribution in [0.2, 0.25) is 0 Å². The van der Waals surface area contributed by atoms with Crippen molar-refractivity contribution in [3.63, 3.8) is 0 Å². The third-order valence-corrected chi connectivity index (χ3v) is 3.63. The summed E-state index contributed by atoms with van der Waals surface area (Å²) in [5, 5.41) is 0. The zero-order valence-electron chi connectivity index (χ0n) is 6.16. The molecule has 0 amide bonds. The molecule has 4 rings (SSSR count). The molecule has 2 nitrogen and oxygen atoms in total. The summed E-state index contributed by atoms with van der Waals surface area (Å²) >= 11 is 0. The second-order valence-electron chi connectivity index (χ2n) is 4.20. The van der Waals surface area contributed by atoms with Crippen molar-refractivity contribution in [2.75, 3.05) is 13.1 Å². The Kier molecular flexibility index (Phi) is 0.868. The first-order chi connectivity index (χ1) is 4.84. The molecule has 3 aliphatic heterocycles. The van der Waals surface area contributed by atoms with E-state index in [1.807, 2.05) is 0 Å². The minimum atomic E-state index is 0.527. The van der Waals surface area contributed by atoms with Crippen LogP contribution in [-0.4, -0.2) is 30.1 Å². The molecule has 4 bridgehead atoms. The maximum Gasteiger partial charge on any atom is 0.0253 e. The van der Waals surface area contributed by atoms with Crippen LogP contribution in [0.1, 0.15) is 12.8 Å². The smallest absolute Gasteiger partial charge is 0.0253 e. The van der Waals surface area contributed by atoms with Gasteiger partial charge in [-0.25, -0.2) is 0 Å². The number of piperidine rings is 1. The number of hydrogen-bond acceptors (Lipinski definition) is 2. The Morgan fingerprint density at radius 1 is 1.20 bits per heavy atom. The molecule has 10 heavy (non-hydrogen) atoms. The minimum Gasteiger partial charge on any atom is -0.326 e. The van der Waals surface area contributed by atoms with E-state index in [0.717, 1.165) is 17.9 Å². The van der Waals surface area contributed by atoms with Crippen molar-refractivity contribution in [3.05, 3.63) is 0 Å². The van der Waals surface area contributed by atoms with Crippen molar-refractivity contribution >= 4 is 0 Å². The van der Waals surface area contributed by atoms with Crippen LogP contribution in [0.5, 0.6) is 0 Å². The fourth-order valence-corrected chi connectivity index (χ4v) is 3.21. The molecule has 4 fully saturated rings. The van der Waals surface area contributed by atoms with Crippen LogP contribution in [0.25, 0.3) is 0 Å². The van der Waals surface area contributed by atoms with E-state index in [0.29, 0.717) is 6.04 Å². The molecule has 0 aromatic carbocycles. The van der Waals surface area contributed by atoms with Gasteiger partial charge in [0.1, 0.15) is 0 Å². The van der Waals surface area contributed by atoms with Crippen LogP contribution < -0.4 is 5.73 Å². The number of nitrogens with two attached hydrogens (primary N) is 1. The number of rotatable bonds is 0. The Labute approximate surface area is 61.4 Å². The largest absolute Gasteiger partial charge is 0.326 e. The van der Waals surface area contributed by atoms with Crippen LogP contribution in [0.4, 0.5) is 0 Å². The molecular formula is C8H14N2. The van der Waals surface area contributed by atoms with Gasteiger partial charge in [0.05, 0.1) is 0 Å². The summed E-state index contributed by atoms with van der Waals surface area (Å²) in [4.78, 5) is 2.60. The lowest BCUT2D eigenvalue weighted by molar-refractivity contribution is 0.254. The zero-order chi connectivity index (χ0) is 6.72. The number of hydrogen-bond donors (Lipinski definition) is 1. The molecule has 0 radical (unpaired) electrons. The summed E-state index contributed by atoms with van der Waals surface area (Å²) < 4.78 is 0. The van der Waals surface area contributed by atoms with Crippen molar-refractivity contribution in [2.45, 2.75) is 24.9 Å². The van der Waals surface area contributed by atoms with E-state index >= 15 is 0 Å². The quantitative estimate of drug-likeness (QED) is 0.512. The summed E-state index contributed by atoms with van der Waals surface area (Å²) in [5.41, 5.74) is 6.06. The maximum absolute atomic E-state index is 6.06. The molecule has 4 aliphatic rings. The maximum atomic E-state index is 6.06. The first kappa shape index (κ1) is 5.56. The van der Waals surface area contributed by atoms with Gasteiger partial charge in [-0.05, 0) is 24.7 Å². The zero-order valence-corrected chi connectivity index (χ0v) is 6.16. The van der Waals surface area contributed by atoms with Crippen LogP contribution in [0.15, 0.2) is 0 Å². The van der Waals surface area contributed by atoms with E-state index < -0.39 is 0 Å². The Morgan fingerprint density at radius 2 is 2.10 bits per heavy atom. The SMILES string of the molecule is N[C@@H]1[C@@H]2C[C@@H]3C[C@H]1N(C3)C2. The molecule has 0 aromatic heterocycles. The molecule has 2 N–H and O–H groups in total. The lowest BCUT2D eigenvalue weighted by atomic mass is 9.80. The molecule has 1 unspecified atom stereocenters. The highest BCUT2D eigenvalue weighted by Crippen LogP contribution is 2.44. The van der Waals surface area contributed by atoms with E-state index in [4.69, 9.17) is 5.73 Å². The van der Waals surface area contributed by atoms with Gasteiger partial charge in [0.25, 0.3) is 0 Å². The van der Waals surface area contributed by atoms with E-state index in [2.05, 4.69) is 4.90 Å². The van der Waals surface area contributed by atoms with E-state index in [9.17, 15) is 0 Å². The van der Waals surface area contributed by atoms with Crippen molar-refractivity contribution < 1.29 is 0 Å². The highest BCUT2D eigenvalue weighted by Gasteiger charge is 2.50. The van der Waals surface area contributed by atoms with Crippen molar-refractivity contribution in [3.8, 4) is 0 Å². The standard InChI is InChI=1S/C8H14N2/c9-8-6-1-5-2-7(8)10(3-5)4-6/h5-8H,1-4,9H2/t5-,6-,7-,8-/m1/s1. The summed E-state index contributed by atoms with van der Waals surface area (Å²) in [6.07, 6.45) is 2.83. The van der Waals surface area contributed by atoms with Gasteiger partial charge in [-0.2, -0.15) is 0 Å². The van der Waals surface area contributed by atoms with Crippen LogP contribution in [-0.2, 0) is 0 Å². The molecule has 56 valence electrons. The van der Waals surface area contributed by atoms with Crippen LogP contribution in [0, 0.1) is 11.8 Å². The van der Waals surface area contributed by atoms with Crippen LogP contribution in [0.3, 0.4) is 0 Å². The average molecular weight is 138 g/mol. The van der Waals surface area contributed by atoms with Crippen molar-refractivity contribution in [2.24, 2.45) is 17.6 Å². The summed E-state index contributed by atoms with van der Waals surface area (Å²) in [7, 11) is 0. The lowest BCUT2D eigenvalue weighted by Gasteiger charge is -2.27. The molecule has 1 saturated carbocycles. The predicted octanol–water partition coefficient (Wildman–Crippen LogP) is 0.0377. The Hall–Kier alpha value is -0.0800. The second-order valence-corrected chi connectivity index (χ2v) is 4.20. The fraction of sp³-hybridized carbons (Fsp3) is 1.00. The molecule has 2 heteroatoms. The van der Waals surface area contributed by atoms with E-state index in [1.165, 1.54) is 25.9 Å². The molecule has 3 heterocycles. The summed E-state index contributed by atoms with van der Waals surface area (Å²) in [6.45, 7) is 2.66. The molecule has 1 aliphatic carbocycles. The lowest BCUT2D eigenvalue weighted by Crippen LogP contribution is -2.39. The normalized spacial score (nSPS) is 63.9. The fourth-order valence-electron chi connectivity index (χ4n) is 3.21. The Balaban J connectivity index is 1.99. The van der Waals surface area contributed by atoms with Gasteiger partial charge in [0.15, 0.2) is 0 Å². The predicted molar refractivity (Wildman–Crippen MR) is 39.6 cm³/mol. The molecule has 5 atom stereocenters. The molecule has 3 saturated heterocycles. The van der Waals surface area contributed by atoms with E-state index in [1.54, 1.807) is 0 Å². The van der Waals surface area contributed by atoms with E-state index in [-0.39, 0.29) is 0 Å². The molecule has 0 spiro atoms. The topological polar surface area (TPSA) is 29.3 Å². The van der Waals surface area contributed by atoms with Gasteiger partial charge < -0.3 is 5.73 Å². The Morgan fingerprint density at radius 3 is 2.80 bits per heavy atom. The van der Waals surface area contributed by atoms with Gasteiger partial charge in [-0.3, -0.25) is 4.90 Å². The summed E-state index contributed by atoms with van der Waals surface area (Å²) in [6, 6.07) is 1.31. The van der Waals surface area contributed by atoms with Gasteiger partial charge in [-0.1, -0.05) is 0 Å².